The molecule has 32 heavy (non-hydrogen) atoms. The average Bonchev–Trinajstić information content (AvgIpc) is 3.06. The molecule has 1 aliphatic carbocycles. The largest absolute Gasteiger partial charge is 0.469 e. The summed E-state index contributed by atoms with van der Waals surface area (Å²) >= 11 is 0. The molecule has 176 valence electrons. The van der Waals surface area contributed by atoms with Crippen LogP contribution in [0.3, 0.4) is 0 Å². The van der Waals surface area contributed by atoms with Crippen LogP contribution in [0.2, 0.25) is 0 Å². The predicted molar refractivity (Wildman–Crippen MR) is 126 cm³/mol. The Morgan fingerprint density at radius 2 is 1.88 bits per heavy atom. The molecule has 0 aliphatic heterocycles. The van der Waals surface area contributed by atoms with Gasteiger partial charge >= 0.3 is 11.9 Å². The molecule has 0 bridgehead atoms. The molecule has 0 fully saturated rings. The number of hydrogen-bond acceptors (Lipinski definition) is 5. The molecule has 2 unspecified atom stereocenters. The van der Waals surface area contributed by atoms with Gasteiger partial charge in [-0.15, -0.1) is 0 Å². The summed E-state index contributed by atoms with van der Waals surface area (Å²) in [5, 5.41) is 10.4. The van der Waals surface area contributed by atoms with Crippen LogP contribution in [0.1, 0.15) is 88.4 Å². The minimum absolute atomic E-state index is 0.0623. The normalized spacial score (nSPS) is 21.1. The van der Waals surface area contributed by atoms with E-state index in [9.17, 15) is 14.7 Å². The predicted octanol–water partition coefficient (Wildman–Crippen LogP) is 5.79. The molecular weight excluding hydrogens is 404 g/mol. The second-order valence-corrected chi connectivity index (χ2v) is 8.47. The molecule has 0 amide bonds. The highest BCUT2D eigenvalue weighted by Crippen LogP contribution is 2.49. The third-order valence-electron chi connectivity index (χ3n) is 6.00. The zero-order valence-electron chi connectivity index (χ0n) is 19.7. The third-order valence-corrected chi connectivity index (χ3v) is 6.00. The van der Waals surface area contributed by atoms with E-state index in [4.69, 9.17) is 4.74 Å². The fourth-order valence-corrected chi connectivity index (χ4v) is 4.35. The number of aliphatic hydroxyl groups is 1. The van der Waals surface area contributed by atoms with Crippen molar-refractivity contribution in [2.24, 2.45) is 5.92 Å². The van der Waals surface area contributed by atoms with Gasteiger partial charge in [0.15, 0.2) is 0 Å². The van der Waals surface area contributed by atoms with E-state index < -0.39 is 6.10 Å². The molecule has 4 atom stereocenters. The number of carbonyl (C=O) groups is 2. The number of esters is 2. The molecule has 0 saturated carbocycles. The van der Waals surface area contributed by atoms with Gasteiger partial charge in [0.05, 0.1) is 13.2 Å². The Labute approximate surface area is 192 Å². The molecule has 0 aromatic heterocycles. The molecule has 1 aliphatic rings. The molecule has 5 nitrogen and oxygen atoms in total. The highest BCUT2D eigenvalue weighted by molar-refractivity contribution is 5.69. The Bertz CT molecular complexity index is 782. The van der Waals surface area contributed by atoms with Gasteiger partial charge in [-0.2, -0.15) is 0 Å². The lowest BCUT2D eigenvalue weighted by molar-refractivity contribution is -0.149. The lowest BCUT2D eigenvalue weighted by Crippen LogP contribution is -2.16. The molecule has 0 heterocycles. The second kappa shape index (κ2) is 13.9. The summed E-state index contributed by atoms with van der Waals surface area (Å²) in [4.78, 5) is 23.1. The second-order valence-electron chi connectivity index (χ2n) is 8.47. The first-order valence-corrected chi connectivity index (χ1v) is 11.8. The summed E-state index contributed by atoms with van der Waals surface area (Å²) in [6.07, 6.45) is 14.1. The maximum Gasteiger partial charge on any atom is 0.305 e. The van der Waals surface area contributed by atoms with Gasteiger partial charge in [-0.25, -0.2) is 0 Å². The number of hydrogen-bond donors (Lipinski definition) is 1. The summed E-state index contributed by atoms with van der Waals surface area (Å²) in [5.74, 6) is -0.355. The Kier molecular flexibility index (Phi) is 11.2. The third kappa shape index (κ3) is 7.94. The summed E-state index contributed by atoms with van der Waals surface area (Å²) in [5.41, 5.74) is 2.20. The van der Waals surface area contributed by atoms with E-state index in [1.54, 1.807) is 0 Å². The Morgan fingerprint density at radius 1 is 1.12 bits per heavy atom. The number of carbonyl (C=O) groups excluding carboxylic acids is 2. The molecule has 1 N–H and O–H groups in total. The van der Waals surface area contributed by atoms with E-state index in [-0.39, 0.29) is 29.9 Å². The molecule has 2 rings (SSSR count). The maximum atomic E-state index is 11.8. The van der Waals surface area contributed by atoms with E-state index in [1.807, 2.05) is 24.3 Å². The van der Waals surface area contributed by atoms with Crippen LogP contribution >= 0.6 is 0 Å². The van der Waals surface area contributed by atoms with Crippen LogP contribution in [0, 0.1) is 5.92 Å². The van der Waals surface area contributed by atoms with Crippen molar-refractivity contribution < 1.29 is 24.2 Å². The van der Waals surface area contributed by atoms with Crippen molar-refractivity contribution in [2.45, 2.75) is 83.3 Å². The van der Waals surface area contributed by atoms with Gasteiger partial charge in [-0.05, 0) is 36.8 Å². The van der Waals surface area contributed by atoms with Gasteiger partial charge in [0, 0.05) is 25.2 Å². The van der Waals surface area contributed by atoms with Gasteiger partial charge in [-0.1, -0.05) is 74.8 Å². The van der Waals surface area contributed by atoms with Gasteiger partial charge in [0.1, 0.15) is 6.10 Å². The molecule has 1 aromatic carbocycles. The number of unbranched alkanes of at least 4 members (excludes halogenated alkanes) is 3. The van der Waals surface area contributed by atoms with Crippen molar-refractivity contribution >= 4 is 11.9 Å². The fraction of sp³-hybridized carbons (Fsp3) is 0.556. The van der Waals surface area contributed by atoms with Crippen LogP contribution in [0.5, 0.6) is 0 Å². The SMILES string of the molecule is CCCCCC(O)C=CC1c2ccccc2[C@@H](OC(C)=O)[C@@H]1C/C=C\CCCC(=O)OC. The van der Waals surface area contributed by atoms with Crippen molar-refractivity contribution in [3.63, 3.8) is 0 Å². The molecular formula is C27H38O5. The Morgan fingerprint density at radius 3 is 2.56 bits per heavy atom. The average molecular weight is 443 g/mol. The first kappa shape index (κ1) is 25.9. The monoisotopic (exact) mass is 442 g/mol. The number of benzene rings is 1. The number of fused-ring (bicyclic) bond motifs is 1. The maximum absolute atomic E-state index is 11.8. The van der Waals surface area contributed by atoms with Crippen molar-refractivity contribution in [1.29, 1.82) is 0 Å². The topological polar surface area (TPSA) is 72.8 Å². The zero-order chi connectivity index (χ0) is 23.3. The molecule has 0 spiro atoms. The van der Waals surface area contributed by atoms with Gasteiger partial charge in [0.25, 0.3) is 0 Å². The highest BCUT2D eigenvalue weighted by atomic mass is 16.5. The van der Waals surface area contributed by atoms with Crippen LogP contribution in [0.15, 0.2) is 48.6 Å². The van der Waals surface area contributed by atoms with Gasteiger partial charge in [-0.3, -0.25) is 9.59 Å². The van der Waals surface area contributed by atoms with E-state index in [0.717, 1.165) is 56.1 Å². The highest BCUT2D eigenvalue weighted by Gasteiger charge is 2.40. The van der Waals surface area contributed by atoms with Crippen molar-refractivity contribution in [3.8, 4) is 0 Å². The Balaban J connectivity index is 2.13. The minimum Gasteiger partial charge on any atom is -0.469 e. The van der Waals surface area contributed by atoms with Crippen molar-refractivity contribution in [1.82, 2.24) is 0 Å². The quantitative estimate of drug-likeness (QED) is 0.238. The standard InChI is InChI=1S/C27H38O5/c1-4-5-8-13-21(29)18-19-23-22-14-11-12-16-24(22)27(32-20(2)28)25(23)15-9-6-7-10-17-26(30)31-3/h6,9,11-12,14,16,18-19,21,23,25,27,29H,4-5,7-8,10,13,15,17H2,1-3H3/b9-6-,19-18?/t21?,23?,25-,27-/m1/s1. The van der Waals surface area contributed by atoms with Crippen LogP contribution < -0.4 is 0 Å². The summed E-state index contributed by atoms with van der Waals surface area (Å²) in [7, 11) is 1.40. The van der Waals surface area contributed by atoms with E-state index in [2.05, 4.69) is 36.0 Å². The van der Waals surface area contributed by atoms with E-state index >= 15 is 0 Å². The number of rotatable bonds is 13. The van der Waals surface area contributed by atoms with Crippen LogP contribution in [0.25, 0.3) is 0 Å². The smallest absolute Gasteiger partial charge is 0.305 e. The number of allylic oxidation sites excluding steroid dienone is 3. The van der Waals surface area contributed by atoms with Gasteiger partial charge in [0.2, 0.25) is 0 Å². The summed E-state index contributed by atoms with van der Waals surface area (Å²) in [6, 6.07) is 8.10. The van der Waals surface area contributed by atoms with Crippen LogP contribution in [-0.2, 0) is 19.1 Å². The summed E-state index contributed by atoms with van der Waals surface area (Å²) < 4.78 is 10.4. The van der Waals surface area contributed by atoms with Gasteiger partial charge < -0.3 is 14.6 Å². The number of ether oxygens (including phenoxy) is 2. The first-order chi connectivity index (χ1) is 15.5. The van der Waals surface area contributed by atoms with Crippen LogP contribution in [0.4, 0.5) is 0 Å². The summed E-state index contributed by atoms with van der Waals surface area (Å²) in [6.45, 7) is 3.60. The van der Waals surface area contributed by atoms with Crippen molar-refractivity contribution in [3.05, 3.63) is 59.7 Å². The van der Waals surface area contributed by atoms with E-state index in [1.165, 1.54) is 14.0 Å². The fourth-order valence-electron chi connectivity index (χ4n) is 4.35. The Hall–Kier alpha value is -2.40. The zero-order valence-corrected chi connectivity index (χ0v) is 19.7. The lowest BCUT2D eigenvalue weighted by Gasteiger charge is -2.23. The molecule has 0 radical (unpaired) electrons. The van der Waals surface area contributed by atoms with Crippen molar-refractivity contribution in [2.75, 3.05) is 7.11 Å². The minimum atomic E-state index is -0.462. The molecule has 5 heteroatoms. The number of aliphatic hydroxyl groups excluding tert-OH is 1. The molecule has 0 saturated heterocycles. The first-order valence-electron chi connectivity index (χ1n) is 11.8. The number of methoxy groups -OCH3 is 1. The lowest BCUT2D eigenvalue weighted by atomic mass is 9.87. The van der Waals surface area contributed by atoms with E-state index in [0.29, 0.717) is 6.42 Å². The molecule has 1 aromatic rings. The van der Waals surface area contributed by atoms with Crippen LogP contribution in [-0.4, -0.2) is 30.3 Å².